The maximum absolute atomic E-state index is 12.0. The largest absolute Gasteiger partial charge is 0.444 e. The molecule has 8 heteroatoms. The van der Waals surface area contributed by atoms with Gasteiger partial charge in [0.15, 0.2) is 0 Å². The van der Waals surface area contributed by atoms with Gasteiger partial charge >= 0.3 is 6.09 Å². The summed E-state index contributed by atoms with van der Waals surface area (Å²) in [4.78, 5) is 28.5. The minimum absolute atomic E-state index is 0.0211. The smallest absolute Gasteiger partial charge is 0.407 e. The topological polar surface area (TPSA) is 89.5 Å². The lowest BCUT2D eigenvalue weighted by molar-refractivity contribution is -0.0339. The average Bonchev–Trinajstić information content (AvgIpc) is 3.53. The first-order valence-electron chi connectivity index (χ1n) is 11.8. The molecule has 1 saturated heterocycles. The number of hydrogen-bond donors (Lipinski definition) is 1. The van der Waals surface area contributed by atoms with Crippen LogP contribution in [-0.4, -0.2) is 51.4 Å². The van der Waals surface area contributed by atoms with Gasteiger partial charge in [-0.1, -0.05) is 6.07 Å². The van der Waals surface area contributed by atoms with Gasteiger partial charge in [0.25, 0.3) is 0 Å². The molecule has 1 amide bonds. The van der Waals surface area contributed by atoms with Crippen LogP contribution in [0.25, 0.3) is 22.3 Å². The van der Waals surface area contributed by atoms with E-state index in [1.165, 1.54) is 0 Å². The number of alkyl carbamates (subject to hydrolysis) is 1. The van der Waals surface area contributed by atoms with E-state index >= 15 is 0 Å². The molecule has 1 aliphatic carbocycles. The van der Waals surface area contributed by atoms with Gasteiger partial charge in [-0.05, 0) is 70.9 Å². The summed E-state index contributed by atoms with van der Waals surface area (Å²) in [6.07, 6.45) is 3.74. The molecule has 1 aliphatic heterocycles. The zero-order chi connectivity index (χ0) is 23.9. The van der Waals surface area contributed by atoms with E-state index in [0.29, 0.717) is 5.69 Å². The van der Waals surface area contributed by atoms with E-state index in [9.17, 15) is 4.79 Å². The van der Waals surface area contributed by atoms with Crippen molar-refractivity contribution < 1.29 is 14.3 Å². The molecular weight excluding hydrogens is 430 g/mol. The Labute approximate surface area is 199 Å². The van der Waals surface area contributed by atoms with Crippen LogP contribution in [0.15, 0.2) is 42.6 Å². The van der Waals surface area contributed by atoms with Gasteiger partial charge in [0, 0.05) is 24.7 Å². The van der Waals surface area contributed by atoms with Crippen molar-refractivity contribution in [2.45, 2.75) is 64.4 Å². The maximum atomic E-state index is 12.0. The van der Waals surface area contributed by atoms with Crippen LogP contribution in [0.1, 0.15) is 46.2 Å². The maximum Gasteiger partial charge on any atom is 0.407 e. The average molecular weight is 462 g/mol. The fourth-order valence-electron chi connectivity index (χ4n) is 4.33. The van der Waals surface area contributed by atoms with E-state index in [1.807, 2.05) is 51.1 Å². The number of nitrogens with one attached hydrogen (secondary N) is 1. The third-order valence-electron chi connectivity index (χ3n) is 5.98. The van der Waals surface area contributed by atoms with Gasteiger partial charge in [-0.15, -0.1) is 0 Å². The molecule has 4 heterocycles. The van der Waals surface area contributed by atoms with E-state index in [1.54, 1.807) is 6.20 Å². The fourth-order valence-corrected chi connectivity index (χ4v) is 4.33. The molecule has 0 radical (unpaired) electrons. The van der Waals surface area contributed by atoms with Crippen molar-refractivity contribution in [3.8, 4) is 11.4 Å². The molecule has 0 unspecified atom stereocenters. The van der Waals surface area contributed by atoms with Gasteiger partial charge in [0.1, 0.15) is 11.4 Å². The lowest BCUT2D eigenvalue weighted by atomic mass is 10.1. The summed E-state index contributed by atoms with van der Waals surface area (Å²) in [6.45, 7) is 9.62. The molecular formula is C26H31N5O3. The van der Waals surface area contributed by atoms with E-state index in [-0.39, 0.29) is 18.2 Å². The molecule has 1 N–H and O–H groups in total. The zero-order valence-electron chi connectivity index (χ0n) is 20.2. The molecule has 1 saturated carbocycles. The van der Waals surface area contributed by atoms with E-state index in [4.69, 9.17) is 19.4 Å². The van der Waals surface area contributed by atoms with Crippen molar-refractivity contribution in [1.82, 2.24) is 20.3 Å². The highest BCUT2D eigenvalue weighted by Crippen LogP contribution is 2.44. The Balaban J connectivity index is 1.35. The first-order chi connectivity index (χ1) is 16.2. The molecule has 3 aromatic heterocycles. The van der Waals surface area contributed by atoms with Crippen LogP contribution >= 0.6 is 0 Å². The van der Waals surface area contributed by atoms with Crippen LogP contribution in [0, 0.1) is 0 Å². The Morgan fingerprint density at radius 2 is 2.00 bits per heavy atom. The second kappa shape index (κ2) is 8.51. The zero-order valence-corrected chi connectivity index (χ0v) is 20.2. The van der Waals surface area contributed by atoms with Crippen LogP contribution in [0.4, 0.5) is 10.6 Å². The molecule has 5 rings (SSSR count). The van der Waals surface area contributed by atoms with Crippen molar-refractivity contribution in [2.24, 2.45) is 0 Å². The van der Waals surface area contributed by atoms with Crippen molar-refractivity contribution in [1.29, 1.82) is 0 Å². The second-order valence-corrected chi connectivity index (χ2v) is 10.3. The predicted octanol–water partition coefficient (Wildman–Crippen LogP) is 4.47. The number of anilines is 1. The Kier molecular flexibility index (Phi) is 5.64. The van der Waals surface area contributed by atoms with Crippen LogP contribution in [0.3, 0.4) is 0 Å². The lowest BCUT2D eigenvalue weighted by Gasteiger charge is -2.38. The standard InChI is InChI=1S/C26H31N5O3/c1-17-15-31(16-26(33-17)10-11-26)23-7-5-6-20(30-23)21-9-8-18-13-27-19(12-22(18)29-21)14-28-24(32)34-25(2,3)4/h5-9,12-13,17H,10-11,14-16H2,1-4H3,(H,28,32)/t17-/m0/s1. The SMILES string of the molecule is C[C@H]1CN(c2cccc(-c3ccc4cnc(CNC(=O)OC(C)(C)C)cc4n3)n2)CC2(CC2)O1. The fraction of sp³-hybridized carbons (Fsp3) is 0.462. The Hall–Kier alpha value is -3.26. The molecule has 1 spiro atoms. The van der Waals surface area contributed by atoms with Gasteiger partial charge in [-0.3, -0.25) is 4.98 Å². The predicted molar refractivity (Wildman–Crippen MR) is 131 cm³/mol. The number of aromatic nitrogens is 3. The Bertz CT molecular complexity index is 1220. The third-order valence-corrected chi connectivity index (χ3v) is 5.98. The Morgan fingerprint density at radius 1 is 1.21 bits per heavy atom. The summed E-state index contributed by atoms with van der Waals surface area (Å²) in [5.74, 6) is 0.956. The summed E-state index contributed by atoms with van der Waals surface area (Å²) in [5, 5.41) is 3.68. The van der Waals surface area contributed by atoms with E-state index < -0.39 is 11.7 Å². The number of fused-ring (bicyclic) bond motifs is 1. The number of carbonyl (C=O) groups excluding carboxylic acids is 1. The number of nitrogens with zero attached hydrogens (tertiary/aromatic N) is 4. The number of ether oxygens (including phenoxy) is 2. The van der Waals surface area contributed by atoms with Crippen LogP contribution in [0.2, 0.25) is 0 Å². The Morgan fingerprint density at radius 3 is 2.76 bits per heavy atom. The molecule has 34 heavy (non-hydrogen) atoms. The van der Waals surface area contributed by atoms with Crippen molar-refractivity contribution in [2.75, 3.05) is 18.0 Å². The normalized spacial score (nSPS) is 19.3. The molecule has 178 valence electrons. The van der Waals surface area contributed by atoms with Gasteiger partial charge in [-0.25, -0.2) is 14.8 Å². The summed E-state index contributed by atoms with van der Waals surface area (Å²) in [6, 6.07) is 11.9. The quantitative estimate of drug-likeness (QED) is 0.613. The minimum Gasteiger partial charge on any atom is -0.444 e. The lowest BCUT2D eigenvalue weighted by Crippen LogP contribution is -2.48. The molecule has 2 fully saturated rings. The number of amides is 1. The second-order valence-electron chi connectivity index (χ2n) is 10.3. The summed E-state index contributed by atoms with van der Waals surface area (Å²) in [7, 11) is 0. The number of carbonyl (C=O) groups is 1. The number of pyridine rings is 3. The molecule has 3 aromatic rings. The van der Waals surface area contributed by atoms with E-state index in [2.05, 4.69) is 28.2 Å². The molecule has 2 aliphatic rings. The van der Waals surface area contributed by atoms with Crippen LogP contribution in [0.5, 0.6) is 0 Å². The van der Waals surface area contributed by atoms with Gasteiger partial charge in [-0.2, -0.15) is 0 Å². The number of rotatable bonds is 4. The monoisotopic (exact) mass is 461 g/mol. The highest BCUT2D eigenvalue weighted by Gasteiger charge is 2.49. The molecule has 0 aromatic carbocycles. The van der Waals surface area contributed by atoms with Gasteiger partial charge in [0.2, 0.25) is 0 Å². The number of hydrogen-bond acceptors (Lipinski definition) is 7. The van der Waals surface area contributed by atoms with Gasteiger partial charge < -0.3 is 19.7 Å². The van der Waals surface area contributed by atoms with Crippen molar-refractivity contribution in [3.63, 3.8) is 0 Å². The summed E-state index contributed by atoms with van der Waals surface area (Å²) in [5.41, 5.74) is 2.62. The van der Waals surface area contributed by atoms with Crippen molar-refractivity contribution in [3.05, 3.63) is 48.3 Å². The van der Waals surface area contributed by atoms with Crippen LogP contribution < -0.4 is 10.2 Å². The highest BCUT2D eigenvalue weighted by atomic mass is 16.6. The first-order valence-corrected chi connectivity index (χ1v) is 11.8. The van der Waals surface area contributed by atoms with Crippen molar-refractivity contribution >= 4 is 22.8 Å². The van der Waals surface area contributed by atoms with Crippen LogP contribution in [-0.2, 0) is 16.0 Å². The van der Waals surface area contributed by atoms with Gasteiger partial charge in [0.05, 0.1) is 40.8 Å². The summed E-state index contributed by atoms with van der Waals surface area (Å²) >= 11 is 0. The third kappa shape index (κ3) is 5.12. The minimum atomic E-state index is -0.544. The van der Waals surface area contributed by atoms with E-state index in [0.717, 1.165) is 54.0 Å². The number of morpholine rings is 1. The first kappa shape index (κ1) is 22.5. The molecule has 8 nitrogen and oxygen atoms in total. The molecule has 1 atom stereocenters. The summed E-state index contributed by atoms with van der Waals surface area (Å²) < 4.78 is 11.4. The highest BCUT2D eigenvalue weighted by molar-refractivity contribution is 5.81. The molecule has 0 bridgehead atoms.